The van der Waals surface area contributed by atoms with Crippen LogP contribution < -0.4 is 0 Å². The number of carbonyl (C=O) groups excluding carboxylic acids is 1. The van der Waals surface area contributed by atoms with Crippen molar-refractivity contribution < 1.29 is 23.1 Å². The first-order valence-corrected chi connectivity index (χ1v) is 11.4. The molecule has 2 N–H and O–H groups in total. The number of aliphatic hydroxyl groups excluding tert-OH is 1. The van der Waals surface area contributed by atoms with Crippen LogP contribution in [0.5, 0.6) is 0 Å². The zero-order valence-electron chi connectivity index (χ0n) is 17.8. The highest BCUT2D eigenvalue weighted by molar-refractivity contribution is 6.30. The molecular formula is C24H23ClF3N3O2. The number of likely N-dealkylation sites (tertiary alicyclic amines) is 1. The second-order valence-corrected chi connectivity index (χ2v) is 9.33. The van der Waals surface area contributed by atoms with Gasteiger partial charge in [0.05, 0.1) is 23.2 Å². The number of benzene rings is 2. The second-order valence-electron chi connectivity index (χ2n) is 8.92. The molecule has 9 heteroatoms. The number of fused-ring (bicyclic) bond motifs is 2. The van der Waals surface area contributed by atoms with Gasteiger partial charge in [0.15, 0.2) is 0 Å². The number of halogens is 4. The molecule has 3 aromatic rings. The van der Waals surface area contributed by atoms with Crippen LogP contribution >= 0.6 is 11.6 Å². The van der Waals surface area contributed by atoms with E-state index in [2.05, 4.69) is 10.2 Å². The van der Waals surface area contributed by atoms with E-state index in [4.69, 9.17) is 11.6 Å². The van der Waals surface area contributed by atoms with Crippen LogP contribution in [0, 0.1) is 11.7 Å². The van der Waals surface area contributed by atoms with Crippen molar-refractivity contribution in [1.82, 2.24) is 15.1 Å². The maximum atomic E-state index is 15.5. The third kappa shape index (κ3) is 3.89. The van der Waals surface area contributed by atoms with E-state index in [0.717, 1.165) is 22.9 Å². The number of aryl methyl sites for hydroxylation is 1. The Balaban J connectivity index is 1.28. The van der Waals surface area contributed by atoms with Gasteiger partial charge in [0, 0.05) is 30.0 Å². The zero-order valence-corrected chi connectivity index (χ0v) is 18.5. The van der Waals surface area contributed by atoms with Crippen LogP contribution in [0.1, 0.15) is 41.2 Å². The molecule has 1 fully saturated rings. The Morgan fingerprint density at radius 1 is 1.27 bits per heavy atom. The third-order valence-electron chi connectivity index (χ3n) is 6.99. The molecule has 33 heavy (non-hydrogen) atoms. The van der Waals surface area contributed by atoms with Crippen LogP contribution in [0.2, 0.25) is 5.02 Å². The molecule has 1 amide bonds. The average molecular weight is 478 g/mol. The number of aromatic amines is 1. The molecule has 2 aromatic carbocycles. The number of nitrogens with zero attached hydrogens (tertiary/aromatic N) is 2. The van der Waals surface area contributed by atoms with E-state index < -0.39 is 23.8 Å². The number of alkyl halides is 2. The van der Waals surface area contributed by atoms with Gasteiger partial charge in [0.2, 0.25) is 5.91 Å². The predicted octanol–water partition coefficient (Wildman–Crippen LogP) is 4.60. The Morgan fingerprint density at radius 3 is 2.70 bits per heavy atom. The SMILES string of the molecule is O=C(Cc1ccc(Cl)c(F)c1)N1CCC(C(F)(F)[C@H](O)c2c3c(cc4cn[nH]c24)CC3)CC1. The highest BCUT2D eigenvalue weighted by Gasteiger charge is 2.50. The lowest BCUT2D eigenvalue weighted by Gasteiger charge is -2.39. The second kappa shape index (κ2) is 8.33. The molecule has 1 aliphatic carbocycles. The standard InChI is InChI=1S/C24H23ClF3N3O2/c25-18-4-1-13(9-19(18)26)10-20(32)31-7-5-16(6-8-31)24(27,28)23(33)21-17-3-2-14(17)11-15-12-29-30-22(15)21/h1,4,9,11-12,16,23,33H,2-3,5-8,10H2,(H,29,30)/t23-/m1/s1. The van der Waals surface area contributed by atoms with E-state index in [0.29, 0.717) is 17.5 Å². The van der Waals surface area contributed by atoms with Gasteiger partial charge in [-0.1, -0.05) is 17.7 Å². The van der Waals surface area contributed by atoms with Crippen molar-refractivity contribution in [3.8, 4) is 0 Å². The van der Waals surface area contributed by atoms with Gasteiger partial charge >= 0.3 is 0 Å². The maximum absolute atomic E-state index is 15.5. The summed E-state index contributed by atoms with van der Waals surface area (Å²) in [5, 5.41) is 18.3. The number of hydrogen-bond acceptors (Lipinski definition) is 3. The molecule has 0 bridgehead atoms. The van der Waals surface area contributed by atoms with Crippen LogP contribution in [0.3, 0.4) is 0 Å². The molecule has 5 rings (SSSR count). The third-order valence-corrected chi connectivity index (χ3v) is 7.30. The molecule has 0 spiro atoms. The van der Waals surface area contributed by atoms with Crippen LogP contribution in [-0.2, 0) is 24.1 Å². The Morgan fingerprint density at radius 2 is 2.03 bits per heavy atom. The van der Waals surface area contributed by atoms with Crippen molar-refractivity contribution >= 4 is 28.4 Å². The van der Waals surface area contributed by atoms with Gasteiger partial charge in [-0.05, 0) is 60.6 Å². The number of rotatable bonds is 5. The summed E-state index contributed by atoms with van der Waals surface area (Å²) in [6.07, 6.45) is 1.23. The molecule has 0 radical (unpaired) electrons. The Labute approximate surface area is 193 Å². The highest BCUT2D eigenvalue weighted by atomic mass is 35.5. The Bertz CT molecular complexity index is 1220. The van der Waals surface area contributed by atoms with E-state index in [9.17, 15) is 14.3 Å². The van der Waals surface area contributed by atoms with E-state index >= 15 is 8.78 Å². The zero-order chi connectivity index (χ0) is 23.3. The van der Waals surface area contributed by atoms with Crippen molar-refractivity contribution in [3.63, 3.8) is 0 Å². The van der Waals surface area contributed by atoms with Crippen LogP contribution in [0.4, 0.5) is 13.2 Å². The number of amides is 1. The fourth-order valence-corrected chi connectivity index (χ4v) is 5.11. The molecule has 1 aliphatic heterocycles. The monoisotopic (exact) mass is 477 g/mol. The molecule has 0 unspecified atom stereocenters. The van der Waals surface area contributed by atoms with Gasteiger partial charge in [0.25, 0.3) is 5.92 Å². The Hall–Kier alpha value is -2.58. The van der Waals surface area contributed by atoms with Gasteiger partial charge in [-0.2, -0.15) is 5.10 Å². The summed E-state index contributed by atoms with van der Waals surface area (Å²) in [6.45, 7) is 0.322. The molecule has 5 nitrogen and oxygen atoms in total. The lowest BCUT2D eigenvalue weighted by atomic mass is 9.77. The summed E-state index contributed by atoms with van der Waals surface area (Å²) in [5.41, 5.74) is 2.95. The van der Waals surface area contributed by atoms with Gasteiger partial charge < -0.3 is 10.0 Å². The van der Waals surface area contributed by atoms with E-state index in [-0.39, 0.29) is 48.8 Å². The van der Waals surface area contributed by atoms with Gasteiger partial charge in [-0.15, -0.1) is 0 Å². The van der Waals surface area contributed by atoms with E-state index in [1.165, 1.54) is 17.0 Å². The number of carbonyl (C=O) groups is 1. The number of piperidine rings is 1. The summed E-state index contributed by atoms with van der Waals surface area (Å²) in [6, 6.07) is 6.11. The van der Waals surface area contributed by atoms with Crippen molar-refractivity contribution in [3.05, 3.63) is 63.6 Å². The molecular weight excluding hydrogens is 455 g/mol. The van der Waals surface area contributed by atoms with Gasteiger partial charge in [-0.25, -0.2) is 13.2 Å². The first-order chi connectivity index (χ1) is 15.8. The number of hydrogen-bond donors (Lipinski definition) is 2. The van der Waals surface area contributed by atoms with Crippen LogP contribution in [-0.4, -0.2) is 45.1 Å². The number of aliphatic hydroxyl groups is 1. The summed E-state index contributed by atoms with van der Waals surface area (Å²) < 4.78 is 44.6. The van der Waals surface area contributed by atoms with Gasteiger partial charge in [0.1, 0.15) is 11.9 Å². The molecule has 1 aromatic heterocycles. The topological polar surface area (TPSA) is 69.2 Å². The summed E-state index contributed by atoms with van der Waals surface area (Å²) in [4.78, 5) is 14.1. The number of H-pyrrole nitrogens is 1. The minimum absolute atomic E-state index is 0.0198. The molecule has 2 heterocycles. The fraction of sp³-hybridized carbons (Fsp3) is 0.417. The minimum atomic E-state index is -3.35. The first kappa shape index (κ1) is 22.2. The van der Waals surface area contributed by atoms with Crippen molar-refractivity contribution in [2.75, 3.05) is 13.1 Å². The van der Waals surface area contributed by atoms with E-state index in [1.54, 1.807) is 12.3 Å². The minimum Gasteiger partial charge on any atom is -0.382 e. The molecule has 1 saturated heterocycles. The average Bonchev–Trinajstić information content (AvgIpc) is 3.25. The predicted molar refractivity (Wildman–Crippen MR) is 118 cm³/mol. The lowest BCUT2D eigenvalue weighted by Crippen LogP contribution is -2.46. The van der Waals surface area contributed by atoms with E-state index in [1.807, 2.05) is 6.07 Å². The molecule has 2 aliphatic rings. The highest BCUT2D eigenvalue weighted by Crippen LogP contribution is 2.47. The normalized spacial score (nSPS) is 17.7. The number of nitrogens with one attached hydrogen (secondary N) is 1. The van der Waals surface area contributed by atoms with Crippen molar-refractivity contribution in [2.24, 2.45) is 5.92 Å². The molecule has 0 saturated carbocycles. The summed E-state index contributed by atoms with van der Waals surface area (Å²) in [5.74, 6) is -5.25. The summed E-state index contributed by atoms with van der Waals surface area (Å²) in [7, 11) is 0. The number of aromatic nitrogens is 2. The lowest BCUT2D eigenvalue weighted by molar-refractivity contribution is -0.164. The molecule has 174 valence electrons. The van der Waals surface area contributed by atoms with Gasteiger partial charge in [-0.3, -0.25) is 9.89 Å². The Kier molecular flexibility index (Phi) is 5.61. The van der Waals surface area contributed by atoms with Crippen molar-refractivity contribution in [1.29, 1.82) is 0 Å². The maximum Gasteiger partial charge on any atom is 0.280 e. The van der Waals surface area contributed by atoms with Crippen molar-refractivity contribution in [2.45, 2.75) is 44.1 Å². The fourth-order valence-electron chi connectivity index (χ4n) is 4.99. The van der Waals surface area contributed by atoms with Crippen LogP contribution in [0.25, 0.3) is 10.9 Å². The smallest absolute Gasteiger partial charge is 0.280 e. The van der Waals surface area contributed by atoms with Crippen LogP contribution in [0.15, 0.2) is 30.5 Å². The first-order valence-electron chi connectivity index (χ1n) is 11.0. The largest absolute Gasteiger partial charge is 0.382 e. The molecule has 1 atom stereocenters. The quantitative estimate of drug-likeness (QED) is 0.564. The summed E-state index contributed by atoms with van der Waals surface area (Å²) >= 11 is 5.67.